The number of ether oxygens (including phenoxy) is 1. The first-order valence-corrected chi connectivity index (χ1v) is 10.8. The molecule has 0 saturated heterocycles. The van der Waals surface area contributed by atoms with Crippen LogP contribution in [0.1, 0.15) is 40.2 Å². The smallest absolute Gasteiger partial charge is 0.220 e. The lowest BCUT2D eigenvalue weighted by Gasteiger charge is -2.12. The van der Waals surface area contributed by atoms with Crippen LogP contribution in [-0.4, -0.2) is 20.5 Å². The van der Waals surface area contributed by atoms with Crippen molar-refractivity contribution >= 4 is 11.6 Å². The number of nitrogens with one attached hydrogen (secondary N) is 1. The summed E-state index contributed by atoms with van der Waals surface area (Å²) in [6.45, 7) is 6.97. The molecule has 2 aromatic heterocycles. The summed E-state index contributed by atoms with van der Waals surface area (Å²) in [5, 5.41) is 7.53. The molecule has 0 spiro atoms. The SMILES string of the molecule is Cc1cc2nc(C)c(CCC(=O)NCc3cccc(COc4ccccc4)c3)c(C)n2n1. The fourth-order valence-electron chi connectivity index (χ4n) is 3.84. The highest BCUT2D eigenvalue weighted by Crippen LogP contribution is 2.17. The van der Waals surface area contributed by atoms with Gasteiger partial charge in [-0.05, 0) is 56.0 Å². The van der Waals surface area contributed by atoms with Gasteiger partial charge < -0.3 is 10.1 Å². The predicted octanol–water partition coefficient (Wildman–Crippen LogP) is 4.48. The summed E-state index contributed by atoms with van der Waals surface area (Å²) in [6.07, 6.45) is 1.04. The summed E-state index contributed by atoms with van der Waals surface area (Å²) in [4.78, 5) is 17.1. The minimum absolute atomic E-state index is 0.0199. The number of benzene rings is 2. The highest BCUT2D eigenvalue weighted by atomic mass is 16.5. The molecule has 6 nitrogen and oxygen atoms in total. The largest absolute Gasteiger partial charge is 0.489 e. The zero-order valence-electron chi connectivity index (χ0n) is 18.8. The first-order valence-electron chi connectivity index (χ1n) is 10.8. The molecule has 2 heterocycles. The first-order chi connectivity index (χ1) is 15.5. The minimum Gasteiger partial charge on any atom is -0.489 e. The molecule has 0 bridgehead atoms. The molecule has 164 valence electrons. The molecule has 0 unspecified atom stereocenters. The molecular formula is C26H28N4O2. The molecule has 1 N–H and O–H groups in total. The number of hydrogen-bond donors (Lipinski definition) is 1. The third-order valence-corrected chi connectivity index (χ3v) is 5.52. The summed E-state index contributed by atoms with van der Waals surface area (Å²) in [5.74, 6) is 0.862. The second-order valence-electron chi connectivity index (χ2n) is 8.02. The Morgan fingerprint density at radius 2 is 1.78 bits per heavy atom. The van der Waals surface area contributed by atoms with Crippen LogP contribution in [0.2, 0.25) is 0 Å². The van der Waals surface area contributed by atoms with Crippen LogP contribution >= 0.6 is 0 Å². The molecule has 6 heteroatoms. The van der Waals surface area contributed by atoms with Gasteiger partial charge in [0.2, 0.25) is 5.91 Å². The van der Waals surface area contributed by atoms with E-state index >= 15 is 0 Å². The van der Waals surface area contributed by atoms with E-state index in [2.05, 4.69) is 21.5 Å². The Bertz CT molecular complexity index is 1230. The van der Waals surface area contributed by atoms with Crippen molar-refractivity contribution in [1.29, 1.82) is 0 Å². The molecule has 4 aromatic rings. The van der Waals surface area contributed by atoms with Gasteiger partial charge in [0.1, 0.15) is 12.4 Å². The number of nitrogens with zero attached hydrogens (tertiary/aromatic N) is 3. The molecule has 0 aliphatic rings. The van der Waals surface area contributed by atoms with Crippen LogP contribution in [0.25, 0.3) is 5.65 Å². The van der Waals surface area contributed by atoms with Crippen LogP contribution in [-0.2, 0) is 24.4 Å². The highest BCUT2D eigenvalue weighted by molar-refractivity contribution is 5.76. The van der Waals surface area contributed by atoms with E-state index in [9.17, 15) is 4.79 Å². The van der Waals surface area contributed by atoms with Gasteiger partial charge in [-0.2, -0.15) is 5.10 Å². The maximum absolute atomic E-state index is 12.5. The topological polar surface area (TPSA) is 68.5 Å². The number of amides is 1. The molecule has 0 fully saturated rings. The Morgan fingerprint density at radius 3 is 2.59 bits per heavy atom. The van der Waals surface area contributed by atoms with E-state index in [-0.39, 0.29) is 5.91 Å². The van der Waals surface area contributed by atoms with Crippen molar-refractivity contribution < 1.29 is 9.53 Å². The van der Waals surface area contributed by atoms with Crippen molar-refractivity contribution in [2.45, 2.75) is 46.8 Å². The number of hydrogen-bond acceptors (Lipinski definition) is 4. The monoisotopic (exact) mass is 428 g/mol. The summed E-state index contributed by atoms with van der Waals surface area (Å²) >= 11 is 0. The average Bonchev–Trinajstić information content (AvgIpc) is 3.17. The van der Waals surface area contributed by atoms with E-state index in [1.54, 1.807) is 0 Å². The molecule has 0 saturated carbocycles. The molecule has 4 rings (SSSR count). The Labute approximate surface area is 188 Å². The Hall–Kier alpha value is -3.67. The van der Waals surface area contributed by atoms with E-state index < -0.39 is 0 Å². The highest BCUT2D eigenvalue weighted by Gasteiger charge is 2.13. The third-order valence-electron chi connectivity index (χ3n) is 5.52. The molecule has 1 amide bonds. The molecule has 0 aliphatic carbocycles. The third kappa shape index (κ3) is 5.14. The van der Waals surface area contributed by atoms with Crippen LogP contribution < -0.4 is 10.1 Å². The number of aryl methyl sites for hydroxylation is 3. The average molecular weight is 429 g/mol. The Morgan fingerprint density at radius 1 is 1.00 bits per heavy atom. The lowest BCUT2D eigenvalue weighted by molar-refractivity contribution is -0.121. The van der Waals surface area contributed by atoms with E-state index in [1.165, 1.54) is 0 Å². The quantitative estimate of drug-likeness (QED) is 0.449. The number of aromatic nitrogens is 3. The van der Waals surface area contributed by atoms with Gasteiger partial charge in [-0.1, -0.05) is 42.5 Å². The van der Waals surface area contributed by atoms with Crippen LogP contribution in [0.15, 0.2) is 60.7 Å². The standard InChI is InChI=1S/C26H28N4O2/c1-18-14-25-28-19(2)24(20(3)30(25)29-18)12-13-26(31)27-16-21-8-7-9-22(15-21)17-32-23-10-5-4-6-11-23/h4-11,14-15H,12-13,16-17H2,1-3H3,(H,27,31). The van der Waals surface area contributed by atoms with E-state index in [0.717, 1.165) is 45.2 Å². The predicted molar refractivity (Wildman–Crippen MR) is 125 cm³/mol. The molecule has 32 heavy (non-hydrogen) atoms. The van der Waals surface area contributed by atoms with Crippen LogP contribution in [0.4, 0.5) is 0 Å². The molecule has 0 aliphatic heterocycles. The molecule has 2 aromatic carbocycles. The summed E-state index contributed by atoms with van der Waals surface area (Å²) < 4.78 is 7.67. The van der Waals surface area contributed by atoms with Gasteiger partial charge in [0.15, 0.2) is 5.65 Å². The van der Waals surface area contributed by atoms with Gasteiger partial charge in [0.25, 0.3) is 0 Å². The van der Waals surface area contributed by atoms with Crippen molar-refractivity contribution in [3.05, 3.63) is 94.4 Å². The zero-order chi connectivity index (χ0) is 22.5. The van der Waals surface area contributed by atoms with Gasteiger partial charge in [-0.3, -0.25) is 4.79 Å². The Balaban J connectivity index is 1.31. The summed E-state index contributed by atoms with van der Waals surface area (Å²) in [6, 6.07) is 19.8. The Kier molecular flexibility index (Phi) is 6.50. The lowest BCUT2D eigenvalue weighted by atomic mass is 10.1. The minimum atomic E-state index is 0.0199. The van der Waals surface area contributed by atoms with Crippen LogP contribution in [0.5, 0.6) is 5.75 Å². The summed E-state index contributed by atoms with van der Waals surface area (Å²) in [7, 11) is 0. The van der Waals surface area contributed by atoms with Crippen molar-refractivity contribution in [2.75, 3.05) is 0 Å². The number of carbonyl (C=O) groups excluding carboxylic acids is 1. The van der Waals surface area contributed by atoms with Crippen LogP contribution in [0, 0.1) is 20.8 Å². The number of para-hydroxylation sites is 1. The fraction of sp³-hybridized carbons (Fsp3) is 0.269. The van der Waals surface area contributed by atoms with Gasteiger partial charge in [0.05, 0.1) is 5.69 Å². The molecular weight excluding hydrogens is 400 g/mol. The number of fused-ring (bicyclic) bond motifs is 1. The van der Waals surface area contributed by atoms with Gasteiger partial charge in [0, 0.05) is 30.4 Å². The van der Waals surface area contributed by atoms with Gasteiger partial charge >= 0.3 is 0 Å². The summed E-state index contributed by atoms with van der Waals surface area (Å²) in [5.41, 5.74) is 6.98. The number of rotatable bonds is 8. The normalized spacial score (nSPS) is 11.0. The molecule has 0 atom stereocenters. The van der Waals surface area contributed by atoms with Crippen LogP contribution in [0.3, 0.4) is 0 Å². The van der Waals surface area contributed by atoms with Gasteiger partial charge in [-0.25, -0.2) is 9.50 Å². The number of carbonyl (C=O) groups is 1. The van der Waals surface area contributed by atoms with Crippen molar-refractivity contribution in [3.63, 3.8) is 0 Å². The second-order valence-corrected chi connectivity index (χ2v) is 8.02. The van der Waals surface area contributed by atoms with E-state index in [1.807, 2.05) is 79.9 Å². The second kappa shape index (κ2) is 9.64. The van der Waals surface area contributed by atoms with Gasteiger partial charge in [-0.15, -0.1) is 0 Å². The fourth-order valence-corrected chi connectivity index (χ4v) is 3.84. The van der Waals surface area contributed by atoms with Crippen molar-refractivity contribution in [2.24, 2.45) is 0 Å². The van der Waals surface area contributed by atoms with Crippen molar-refractivity contribution in [3.8, 4) is 5.75 Å². The van der Waals surface area contributed by atoms with Crippen molar-refractivity contribution in [1.82, 2.24) is 19.9 Å². The van der Waals surface area contributed by atoms with E-state index in [4.69, 9.17) is 4.74 Å². The first kappa shape index (κ1) is 21.6. The maximum atomic E-state index is 12.5. The van der Waals surface area contributed by atoms with E-state index in [0.29, 0.717) is 26.0 Å². The maximum Gasteiger partial charge on any atom is 0.220 e. The zero-order valence-corrected chi connectivity index (χ0v) is 18.8. The molecule has 0 radical (unpaired) electrons. The lowest BCUT2D eigenvalue weighted by Crippen LogP contribution is -2.23.